The van der Waals surface area contributed by atoms with Crippen molar-refractivity contribution in [2.45, 2.75) is 51.0 Å². The second-order valence-corrected chi connectivity index (χ2v) is 9.66. The summed E-state index contributed by atoms with van der Waals surface area (Å²) in [6.07, 6.45) is 7.16. The number of aliphatic hydroxyl groups is 1. The molecule has 2 nitrogen and oxygen atoms in total. The Morgan fingerprint density at radius 2 is 1.89 bits per heavy atom. The zero-order valence-corrected chi connectivity index (χ0v) is 17.0. The maximum absolute atomic E-state index is 11.3. The van der Waals surface area contributed by atoms with Crippen LogP contribution in [0.4, 0.5) is 0 Å². The van der Waals surface area contributed by atoms with Crippen LogP contribution in [0, 0.1) is 17.3 Å². The maximum atomic E-state index is 11.3. The number of benzene rings is 2. The highest BCUT2D eigenvalue weighted by molar-refractivity contribution is 6.30. The largest absolute Gasteiger partial charge is 0.508 e. The van der Waals surface area contributed by atoms with Crippen molar-refractivity contribution < 1.29 is 10.2 Å². The van der Waals surface area contributed by atoms with Gasteiger partial charge in [0.25, 0.3) is 0 Å². The van der Waals surface area contributed by atoms with E-state index in [4.69, 9.17) is 11.6 Å². The van der Waals surface area contributed by atoms with Crippen LogP contribution in [-0.4, -0.2) is 16.3 Å². The van der Waals surface area contributed by atoms with E-state index >= 15 is 0 Å². The van der Waals surface area contributed by atoms with Crippen molar-refractivity contribution in [3.05, 3.63) is 69.8 Å². The monoisotopic (exact) mass is 394 g/mol. The number of fused-ring (bicyclic) bond motifs is 5. The molecule has 0 unspecified atom stereocenters. The summed E-state index contributed by atoms with van der Waals surface area (Å²) in [6.45, 7) is 2.30. The van der Waals surface area contributed by atoms with Crippen LogP contribution in [0.1, 0.15) is 55.2 Å². The van der Waals surface area contributed by atoms with Gasteiger partial charge in [-0.1, -0.05) is 42.8 Å². The van der Waals surface area contributed by atoms with Gasteiger partial charge in [0.05, 0.1) is 6.10 Å². The third-order valence-electron chi connectivity index (χ3n) is 7.80. The molecule has 0 bridgehead atoms. The summed E-state index contributed by atoms with van der Waals surface area (Å²) >= 11 is 6.02. The molecule has 0 heterocycles. The Balaban J connectivity index is 1.47. The van der Waals surface area contributed by atoms with E-state index in [1.165, 1.54) is 16.7 Å². The molecule has 2 saturated carbocycles. The highest BCUT2D eigenvalue weighted by Gasteiger charge is 2.56. The van der Waals surface area contributed by atoms with Crippen LogP contribution in [0.25, 0.3) is 6.08 Å². The molecule has 0 spiro atoms. The van der Waals surface area contributed by atoms with Crippen LogP contribution in [0.5, 0.6) is 5.75 Å². The average molecular weight is 395 g/mol. The van der Waals surface area contributed by atoms with Crippen molar-refractivity contribution in [1.29, 1.82) is 0 Å². The van der Waals surface area contributed by atoms with Crippen LogP contribution in [0.2, 0.25) is 5.02 Å². The SMILES string of the molecule is C[C@]12CC[C@@H]3c4ccc(O)cc4CC[C@@H]3[C@H]1C/C(=C\c1ccc(Cl)cc1)[C@H]2O. The molecule has 2 fully saturated rings. The third kappa shape index (κ3) is 2.81. The van der Waals surface area contributed by atoms with Gasteiger partial charge in [0, 0.05) is 10.4 Å². The highest BCUT2D eigenvalue weighted by atomic mass is 35.5. The van der Waals surface area contributed by atoms with E-state index in [-0.39, 0.29) is 11.5 Å². The first-order chi connectivity index (χ1) is 13.5. The zero-order chi connectivity index (χ0) is 19.5. The molecule has 2 N–H and O–H groups in total. The van der Waals surface area contributed by atoms with Gasteiger partial charge >= 0.3 is 0 Å². The number of hydrogen-bond acceptors (Lipinski definition) is 2. The predicted octanol–water partition coefficient (Wildman–Crippen LogP) is 5.96. The van der Waals surface area contributed by atoms with Gasteiger partial charge in [-0.25, -0.2) is 0 Å². The van der Waals surface area contributed by atoms with E-state index in [0.29, 0.717) is 23.5 Å². The van der Waals surface area contributed by atoms with Gasteiger partial charge < -0.3 is 10.2 Å². The van der Waals surface area contributed by atoms with Crippen LogP contribution >= 0.6 is 11.6 Å². The summed E-state index contributed by atoms with van der Waals surface area (Å²) in [5.74, 6) is 2.06. The lowest BCUT2D eigenvalue weighted by Crippen LogP contribution is -2.44. The third-order valence-corrected chi connectivity index (χ3v) is 8.05. The first-order valence-electron chi connectivity index (χ1n) is 10.4. The molecule has 3 aliphatic rings. The molecule has 0 saturated heterocycles. The number of aromatic hydroxyl groups is 1. The molecule has 5 atom stereocenters. The molecule has 5 rings (SSSR count). The van der Waals surface area contributed by atoms with Gasteiger partial charge in [-0.05, 0) is 96.4 Å². The Hall–Kier alpha value is -1.77. The molecular weight excluding hydrogens is 368 g/mol. The second-order valence-electron chi connectivity index (χ2n) is 9.22. The lowest BCUT2D eigenvalue weighted by Gasteiger charge is -2.49. The van der Waals surface area contributed by atoms with Crippen LogP contribution < -0.4 is 0 Å². The smallest absolute Gasteiger partial charge is 0.115 e. The fourth-order valence-electron chi connectivity index (χ4n) is 6.34. The van der Waals surface area contributed by atoms with E-state index in [2.05, 4.69) is 19.1 Å². The Labute approximate surface area is 171 Å². The Morgan fingerprint density at radius 1 is 1.11 bits per heavy atom. The summed E-state index contributed by atoms with van der Waals surface area (Å²) < 4.78 is 0. The van der Waals surface area contributed by atoms with Crippen molar-refractivity contribution in [3.63, 3.8) is 0 Å². The highest BCUT2D eigenvalue weighted by Crippen LogP contribution is 2.62. The molecule has 0 aromatic heterocycles. The van der Waals surface area contributed by atoms with Gasteiger partial charge in [0.15, 0.2) is 0 Å². The molecule has 2 aromatic carbocycles. The second kappa shape index (κ2) is 6.64. The standard InChI is InChI=1S/C25H27ClO2/c1-25-11-10-21-20-9-7-19(27)13-16(20)4-8-22(21)23(25)14-17(24(25)28)12-15-2-5-18(26)6-3-15/h2-3,5-7,9,12-13,21-24,27-28H,4,8,10-11,14H2,1H3/b17-12+/t21-,22+,23-,24-,25+/m1/s1. The lowest BCUT2D eigenvalue weighted by atomic mass is 9.55. The van der Waals surface area contributed by atoms with Gasteiger partial charge in [0.2, 0.25) is 0 Å². The lowest BCUT2D eigenvalue weighted by molar-refractivity contribution is -0.0158. The Kier molecular flexibility index (Phi) is 4.33. The molecule has 0 aliphatic heterocycles. The van der Waals surface area contributed by atoms with Crippen molar-refractivity contribution in [2.75, 3.05) is 0 Å². The number of aliphatic hydroxyl groups excluding tert-OH is 1. The topological polar surface area (TPSA) is 40.5 Å². The van der Waals surface area contributed by atoms with Gasteiger partial charge in [-0.3, -0.25) is 0 Å². The Bertz CT molecular complexity index is 932. The molecule has 3 heteroatoms. The fourth-order valence-corrected chi connectivity index (χ4v) is 6.47. The van der Waals surface area contributed by atoms with Crippen LogP contribution in [0.3, 0.4) is 0 Å². The first-order valence-corrected chi connectivity index (χ1v) is 10.8. The van der Waals surface area contributed by atoms with Crippen molar-refractivity contribution in [2.24, 2.45) is 17.3 Å². The average Bonchev–Trinajstić information content (AvgIpc) is 2.94. The number of phenols is 1. The number of halogens is 1. The van der Waals surface area contributed by atoms with Gasteiger partial charge in [0.1, 0.15) is 5.75 Å². The van der Waals surface area contributed by atoms with Crippen LogP contribution in [-0.2, 0) is 6.42 Å². The van der Waals surface area contributed by atoms with Gasteiger partial charge in [-0.2, -0.15) is 0 Å². The zero-order valence-electron chi connectivity index (χ0n) is 16.2. The van der Waals surface area contributed by atoms with Gasteiger partial charge in [-0.15, -0.1) is 0 Å². The van der Waals surface area contributed by atoms with Crippen LogP contribution in [0.15, 0.2) is 48.0 Å². The quantitative estimate of drug-likeness (QED) is 0.626. The molecule has 0 amide bonds. The molecule has 0 radical (unpaired) electrons. The predicted molar refractivity (Wildman–Crippen MR) is 114 cm³/mol. The number of aryl methyl sites for hydroxylation is 1. The normalized spacial score (nSPS) is 35.3. The van der Waals surface area contributed by atoms with Crippen molar-refractivity contribution in [1.82, 2.24) is 0 Å². The number of phenolic OH excluding ortho intramolecular Hbond substituents is 1. The fraction of sp³-hybridized carbons (Fsp3) is 0.440. The van der Waals surface area contributed by atoms with E-state index in [9.17, 15) is 10.2 Å². The summed E-state index contributed by atoms with van der Waals surface area (Å²) in [4.78, 5) is 0. The van der Waals surface area contributed by atoms with Crippen molar-refractivity contribution >= 4 is 17.7 Å². The Morgan fingerprint density at radius 3 is 2.68 bits per heavy atom. The summed E-state index contributed by atoms with van der Waals surface area (Å²) in [5.41, 5.74) is 5.00. The van der Waals surface area contributed by atoms with E-state index in [1.807, 2.05) is 36.4 Å². The molecular formula is C25H27ClO2. The maximum Gasteiger partial charge on any atom is 0.115 e. The molecule has 28 heavy (non-hydrogen) atoms. The van der Waals surface area contributed by atoms with Crippen molar-refractivity contribution in [3.8, 4) is 5.75 Å². The minimum absolute atomic E-state index is 0.0339. The summed E-state index contributed by atoms with van der Waals surface area (Å²) in [5, 5.41) is 21.8. The number of hydrogen-bond donors (Lipinski definition) is 2. The number of rotatable bonds is 1. The van der Waals surface area contributed by atoms with E-state index < -0.39 is 0 Å². The van der Waals surface area contributed by atoms with E-state index in [0.717, 1.165) is 42.7 Å². The molecule has 3 aliphatic carbocycles. The minimum atomic E-state index is -0.365. The minimum Gasteiger partial charge on any atom is -0.508 e. The van der Waals surface area contributed by atoms with E-state index in [1.54, 1.807) is 0 Å². The first kappa shape index (κ1) is 18.3. The molecule has 2 aromatic rings. The summed E-state index contributed by atoms with van der Waals surface area (Å²) in [7, 11) is 0. The molecule has 146 valence electrons. The summed E-state index contributed by atoms with van der Waals surface area (Å²) in [6, 6.07) is 13.8.